The lowest BCUT2D eigenvalue weighted by Crippen LogP contribution is -2.35. The molecule has 0 N–H and O–H groups in total. The van der Waals surface area contributed by atoms with Crippen molar-refractivity contribution >= 4 is 11.6 Å². The molecular weight excluding hydrogens is 270 g/mol. The number of hydrogen-bond donors (Lipinski definition) is 0. The van der Waals surface area contributed by atoms with Crippen LogP contribution in [0, 0.1) is 0 Å². The molecule has 1 aromatic carbocycles. The van der Waals surface area contributed by atoms with Crippen LogP contribution in [-0.4, -0.2) is 31.1 Å². The lowest BCUT2D eigenvalue weighted by Gasteiger charge is -2.32. The summed E-state index contributed by atoms with van der Waals surface area (Å²) in [7, 11) is 2.21. The molecule has 1 aromatic rings. The summed E-state index contributed by atoms with van der Waals surface area (Å²) >= 11 is 6.57. The van der Waals surface area contributed by atoms with Gasteiger partial charge in [-0.1, -0.05) is 31.4 Å². The monoisotopic (exact) mass is 295 g/mol. The number of ether oxygens (including phenoxy) is 1. The van der Waals surface area contributed by atoms with Gasteiger partial charge in [0.15, 0.2) is 0 Å². The SMILES string of the molecule is CCOc1ccc(C(Cl)CN(C)C2CCCCC2)cc1. The van der Waals surface area contributed by atoms with Gasteiger partial charge in [0.05, 0.1) is 12.0 Å². The highest BCUT2D eigenvalue weighted by molar-refractivity contribution is 6.21. The van der Waals surface area contributed by atoms with Gasteiger partial charge in [-0.15, -0.1) is 11.6 Å². The van der Waals surface area contributed by atoms with E-state index in [1.54, 1.807) is 0 Å². The third-order valence-electron chi connectivity index (χ3n) is 4.20. The van der Waals surface area contributed by atoms with Gasteiger partial charge in [-0.2, -0.15) is 0 Å². The van der Waals surface area contributed by atoms with Crippen LogP contribution in [0.2, 0.25) is 0 Å². The molecule has 0 amide bonds. The molecule has 0 saturated heterocycles. The third kappa shape index (κ3) is 4.39. The molecule has 3 heteroatoms. The van der Waals surface area contributed by atoms with Crippen LogP contribution >= 0.6 is 11.6 Å². The zero-order valence-corrected chi connectivity index (χ0v) is 13.4. The molecule has 1 fully saturated rings. The van der Waals surface area contributed by atoms with Gasteiger partial charge in [0.25, 0.3) is 0 Å². The number of nitrogens with zero attached hydrogens (tertiary/aromatic N) is 1. The minimum atomic E-state index is 0.0533. The maximum absolute atomic E-state index is 6.57. The lowest BCUT2D eigenvalue weighted by atomic mass is 9.94. The molecule has 0 aromatic heterocycles. The maximum atomic E-state index is 6.57. The van der Waals surface area contributed by atoms with Crippen molar-refractivity contribution in [3.8, 4) is 5.75 Å². The normalized spacial score (nSPS) is 18.2. The molecule has 1 aliphatic carbocycles. The van der Waals surface area contributed by atoms with Crippen LogP contribution in [-0.2, 0) is 0 Å². The van der Waals surface area contributed by atoms with Crippen LogP contribution in [0.4, 0.5) is 0 Å². The molecule has 0 bridgehead atoms. The fourth-order valence-electron chi connectivity index (χ4n) is 2.97. The molecule has 1 atom stereocenters. The van der Waals surface area contributed by atoms with E-state index in [1.165, 1.54) is 37.7 Å². The van der Waals surface area contributed by atoms with Gasteiger partial charge in [0, 0.05) is 12.6 Å². The number of halogens is 1. The second-order valence-electron chi connectivity index (χ2n) is 5.70. The van der Waals surface area contributed by atoms with Gasteiger partial charge in [0.2, 0.25) is 0 Å². The predicted octanol–water partition coefficient (Wildman–Crippen LogP) is 4.63. The number of likely N-dealkylation sites (N-methyl/N-ethyl adjacent to an activating group) is 1. The van der Waals surface area contributed by atoms with E-state index in [9.17, 15) is 0 Å². The molecule has 1 unspecified atom stereocenters. The van der Waals surface area contributed by atoms with Crippen molar-refractivity contribution in [3.05, 3.63) is 29.8 Å². The zero-order valence-electron chi connectivity index (χ0n) is 12.6. The number of rotatable bonds is 6. The van der Waals surface area contributed by atoms with E-state index in [0.717, 1.165) is 12.3 Å². The highest BCUT2D eigenvalue weighted by Crippen LogP contribution is 2.27. The standard InChI is InChI=1S/C17H26ClNO/c1-3-20-16-11-9-14(10-12-16)17(18)13-19(2)15-7-5-4-6-8-15/h9-12,15,17H,3-8,13H2,1-2H3. The van der Waals surface area contributed by atoms with Crippen LogP contribution in [0.15, 0.2) is 24.3 Å². The summed E-state index contributed by atoms with van der Waals surface area (Å²) in [6, 6.07) is 8.89. The van der Waals surface area contributed by atoms with E-state index >= 15 is 0 Å². The molecule has 0 spiro atoms. The Bertz CT molecular complexity index is 386. The fraction of sp³-hybridized carbons (Fsp3) is 0.647. The Kier molecular flexibility index (Phi) is 6.18. The van der Waals surface area contributed by atoms with Crippen LogP contribution in [0.5, 0.6) is 5.75 Å². The van der Waals surface area contributed by atoms with E-state index in [-0.39, 0.29) is 5.38 Å². The van der Waals surface area contributed by atoms with E-state index in [0.29, 0.717) is 12.6 Å². The first-order valence-electron chi connectivity index (χ1n) is 7.77. The molecule has 0 aliphatic heterocycles. The second kappa shape index (κ2) is 7.90. The van der Waals surface area contributed by atoms with Crippen molar-refractivity contribution < 1.29 is 4.74 Å². The lowest BCUT2D eigenvalue weighted by molar-refractivity contribution is 0.192. The van der Waals surface area contributed by atoms with Gasteiger partial charge < -0.3 is 9.64 Å². The first kappa shape index (κ1) is 15.7. The molecular formula is C17H26ClNO. The van der Waals surface area contributed by atoms with Gasteiger partial charge >= 0.3 is 0 Å². The maximum Gasteiger partial charge on any atom is 0.119 e. The van der Waals surface area contributed by atoms with Crippen molar-refractivity contribution in [1.29, 1.82) is 0 Å². The Morgan fingerprint density at radius 1 is 1.20 bits per heavy atom. The van der Waals surface area contributed by atoms with Crippen molar-refractivity contribution in [2.24, 2.45) is 0 Å². The van der Waals surface area contributed by atoms with Gasteiger partial charge in [-0.05, 0) is 44.5 Å². The van der Waals surface area contributed by atoms with E-state index in [2.05, 4.69) is 24.1 Å². The average Bonchev–Trinajstić information content (AvgIpc) is 2.49. The van der Waals surface area contributed by atoms with E-state index in [4.69, 9.17) is 16.3 Å². The largest absolute Gasteiger partial charge is 0.494 e. The number of hydrogen-bond acceptors (Lipinski definition) is 2. The molecule has 2 nitrogen and oxygen atoms in total. The summed E-state index contributed by atoms with van der Waals surface area (Å²) in [6.07, 6.45) is 6.77. The predicted molar refractivity (Wildman–Crippen MR) is 85.7 cm³/mol. The van der Waals surface area contributed by atoms with E-state index in [1.807, 2.05) is 19.1 Å². The molecule has 0 radical (unpaired) electrons. The summed E-state index contributed by atoms with van der Waals surface area (Å²) in [4.78, 5) is 2.44. The summed E-state index contributed by atoms with van der Waals surface area (Å²) in [5.41, 5.74) is 1.18. The fourth-order valence-corrected chi connectivity index (χ4v) is 3.33. The Hall–Kier alpha value is -0.730. The Balaban J connectivity index is 1.88. The minimum absolute atomic E-state index is 0.0533. The smallest absolute Gasteiger partial charge is 0.119 e. The van der Waals surface area contributed by atoms with Crippen LogP contribution in [0.3, 0.4) is 0 Å². The molecule has 0 heterocycles. The first-order valence-corrected chi connectivity index (χ1v) is 8.21. The second-order valence-corrected chi connectivity index (χ2v) is 6.23. The van der Waals surface area contributed by atoms with Crippen molar-refractivity contribution in [3.63, 3.8) is 0 Å². The molecule has 1 saturated carbocycles. The van der Waals surface area contributed by atoms with Crippen molar-refractivity contribution in [1.82, 2.24) is 4.90 Å². The van der Waals surface area contributed by atoms with Crippen LogP contribution < -0.4 is 4.74 Å². The topological polar surface area (TPSA) is 12.5 Å². The minimum Gasteiger partial charge on any atom is -0.494 e. The third-order valence-corrected chi connectivity index (χ3v) is 4.59. The number of benzene rings is 1. The Labute approximate surface area is 128 Å². The van der Waals surface area contributed by atoms with Crippen molar-refractivity contribution in [2.75, 3.05) is 20.2 Å². The summed E-state index contributed by atoms with van der Waals surface area (Å²) in [5, 5.41) is 0.0533. The summed E-state index contributed by atoms with van der Waals surface area (Å²) in [5.74, 6) is 0.917. The first-order chi connectivity index (χ1) is 9.70. The zero-order chi connectivity index (χ0) is 14.4. The molecule has 1 aliphatic rings. The quantitative estimate of drug-likeness (QED) is 0.710. The van der Waals surface area contributed by atoms with E-state index < -0.39 is 0 Å². The average molecular weight is 296 g/mol. The highest BCUT2D eigenvalue weighted by atomic mass is 35.5. The summed E-state index contributed by atoms with van der Waals surface area (Å²) < 4.78 is 5.46. The number of alkyl halides is 1. The van der Waals surface area contributed by atoms with Crippen molar-refractivity contribution in [2.45, 2.75) is 50.4 Å². The van der Waals surface area contributed by atoms with Gasteiger partial charge in [0.1, 0.15) is 5.75 Å². The Morgan fingerprint density at radius 2 is 1.85 bits per heavy atom. The Morgan fingerprint density at radius 3 is 2.45 bits per heavy atom. The van der Waals surface area contributed by atoms with Crippen LogP contribution in [0.25, 0.3) is 0 Å². The molecule has 112 valence electrons. The molecule has 2 rings (SSSR count). The van der Waals surface area contributed by atoms with Crippen LogP contribution in [0.1, 0.15) is 50.0 Å². The van der Waals surface area contributed by atoms with Gasteiger partial charge in [-0.3, -0.25) is 0 Å². The summed E-state index contributed by atoms with van der Waals surface area (Å²) in [6.45, 7) is 3.62. The van der Waals surface area contributed by atoms with Gasteiger partial charge in [-0.25, -0.2) is 0 Å². The highest BCUT2D eigenvalue weighted by Gasteiger charge is 2.20. The molecule has 20 heavy (non-hydrogen) atoms.